The third-order valence-corrected chi connectivity index (χ3v) is 7.39. The number of anilines is 1. The van der Waals surface area contributed by atoms with Crippen molar-refractivity contribution in [3.05, 3.63) is 111 Å². The number of pyridine rings is 2. The van der Waals surface area contributed by atoms with Gasteiger partial charge < -0.3 is 14.3 Å². The van der Waals surface area contributed by atoms with Gasteiger partial charge in [0, 0.05) is 38.3 Å². The van der Waals surface area contributed by atoms with Gasteiger partial charge in [-0.05, 0) is 56.2 Å². The Morgan fingerprint density at radius 3 is 2.46 bits per heavy atom. The summed E-state index contributed by atoms with van der Waals surface area (Å²) in [5, 5.41) is 0. The zero-order valence-corrected chi connectivity index (χ0v) is 21.5. The van der Waals surface area contributed by atoms with E-state index in [4.69, 9.17) is 6.57 Å². The number of piperazine rings is 1. The Labute approximate surface area is 216 Å². The molecule has 0 amide bonds. The standard InChI is InChI=1S/C30H30FN5O/c1-19-7-6-8-23(15-19)30(22-9-11-24(31)12-10-22)36-18-20(2)35(17-21(36)3)26-16-28(37)34(5)25-13-14-27(32-4)33-29(25)26/h6-16,20-21,30H,17-18H2,1-3,5H3/t20-,21+,30?/m0/s1. The molecule has 0 radical (unpaired) electrons. The predicted octanol–water partition coefficient (Wildman–Crippen LogP) is 5.62. The van der Waals surface area contributed by atoms with Crippen LogP contribution in [0.2, 0.25) is 0 Å². The number of hydrogen-bond donors (Lipinski definition) is 0. The molecule has 0 spiro atoms. The number of aromatic nitrogens is 2. The highest BCUT2D eigenvalue weighted by Gasteiger charge is 2.36. The Balaban J connectivity index is 1.56. The summed E-state index contributed by atoms with van der Waals surface area (Å²) < 4.78 is 15.4. The van der Waals surface area contributed by atoms with Crippen LogP contribution in [0.1, 0.15) is 36.6 Å². The van der Waals surface area contributed by atoms with Crippen molar-refractivity contribution in [3.63, 3.8) is 0 Å². The summed E-state index contributed by atoms with van der Waals surface area (Å²) in [6.45, 7) is 15.2. The number of fused-ring (bicyclic) bond motifs is 1. The molecule has 2 aromatic carbocycles. The number of halogens is 1. The normalized spacial score (nSPS) is 19.1. The number of rotatable bonds is 4. The second-order valence-electron chi connectivity index (χ2n) is 9.99. The molecule has 6 nitrogen and oxygen atoms in total. The second kappa shape index (κ2) is 9.79. The molecule has 4 aromatic rings. The van der Waals surface area contributed by atoms with E-state index in [1.54, 1.807) is 29.8 Å². The molecule has 3 atom stereocenters. The van der Waals surface area contributed by atoms with Gasteiger partial charge in [-0.15, -0.1) is 4.98 Å². The van der Waals surface area contributed by atoms with Crippen molar-refractivity contribution >= 4 is 22.5 Å². The Kier molecular flexibility index (Phi) is 6.53. The van der Waals surface area contributed by atoms with Crippen LogP contribution in [0.5, 0.6) is 0 Å². The summed E-state index contributed by atoms with van der Waals surface area (Å²) in [4.78, 5) is 25.7. The fourth-order valence-corrected chi connectivity index (χ4v) is 5.49. The maximum Gasteiger partial charge on any atom is 0.270 e. The van der Waals surface area contributed by atoms with Crippen LogP contribution in [-0.4, -0.2) is 39.6 Å². The van der Waals surface area contributed by atoms with Crippen LogP contribution < -0.4 is 10.5 Å². The average Bonchev–Trinajstić information content (AvgIpc) is 2.89. The summed E-state index contributed by atoms with van der Waals surface area (Å²) in [6.07, 6.45) is 0. The van der Waals surface area contributed by atoms with Crippen LogP contribution in [0, 0.1) is 19.3 Å². The first kappa shape index (κ1) is 24.7. The van der Waals surface area contributed by atoms with E-state index in [0.717, 1.165) is 17.8 Å². The monoisotopic (exact) mass is 495 g/mol. The van der Waals surface area contributed by atoms with Gasteiger partial charge in [-0.3, -0.25) is 9.69 Å². The van der Waals surface area contributed by atoms with E-state index in [1.165, 1.54) is 23.3 Å². The molecule has 37 heavy (non-hydrogen) atoms. The molecule has 3 heterocycles. The highest BCUT2D eigenvalue weighted by Crippen LogP contribution is 2.36. The van der Waals surface area contributed by atoms with Gasteiger partial charge in [0.15, 0.2) is 0 Å². The van der Waals surface area contributed by atoms with E-state index >= 15 is 0 Å². The molecule has 0 bridgehead atoms. The van der Waals surface area contributed by atoms with Crippen LogP contribution in [0.25, 0.3) is 15.9 Å². The van der Waals surface area contributed by atoms with Gasteiger partial charge in [-0.25, -0.2) is 4.39 Å². The summed E-state index contributed by atoms with van der Waals surface area (Å²) in [6, 6.07) is 20.5. The van der Waals surface area contributed by atoms with E-state index in [0.29, 0.717) is 23.4 Å². The highest BCUT2D eigenvalue weighted by molar-refractivity contribution is 5.89. The lowest BCUT2D eigenvalue weighted by Crippen LogP contribution is -2.57. The number of aryl methyl sites for hydroxylation is 2. The van der Waals surface area contributed by atoms with E-state index < -0.39 is 0 Å². The van der Waals surface area contributed by atoms with Crippen LogP contribution in [0.4, 0.5) is 15.9 Å². The topological polar surface area (TPSA) is 45.7 Å². The van der Waals surface area contributed by atoms with Crippen LogP contribution >= 0.6 is 0 Å². The fraction of sp³-hybridized carbons (Fsp3) is 0.300. The molecule has 7 heteroatoms. The quantitative estimate of drug-likeness (QED) is 0.345. The van der Waals surface area contributed by atoms with Crippen molar-refractivity contribution in [3.8, 4) is 0 Å². The minimum atomic E-state index is -0.248. The molecular formula is C30H30FN5O. The molecular weight excluding hydrogens is 465 g/mol. The fourth-order valence-electron chi connectivity index (χ4n) is 5.49. The molecule has 2 aromatic heterocycles. The van der Waals surface area contributed by atoms with E-state index in [1.807, 2.05) is 12.1 Å². The molecule has 0 saturated carbocycles. The first-order valence-electron chi connectivity index (χ1n) is 12.5. The Bertz CT molecular complexity index is 1560. The first-order chi connectivity index (χ1) is 17.8. The lowest BCUT2D eigenvalue weighted by Gasteiger charge is -2.48. The van der Waals surface area contributed by atoms with Gasteiger partial charge in [0.05, 0.1) is 17.2 Å². The van der Waals surface area contributed by atoms with Crippen LogP contribution in [0.15, 0.2) is 71.5 Å². The lowest BCUT2D eigenvalue weighted by molar-refractivity contribution is 0.130. The molecule has 1 fully saturated rings. The lowest BCUT2D eigenvalue weighted by atomic mass is 9.92. The van der Waals surface area contributed by atoms with Crippen molar-refractivity contribution in [2.24, 2.45) is 7.05 Å². The molecule has 0 N–H and O–H groups in total. The van der Waals surface area contributed by atoms with Gasteiger partial charge >= 0.3 is 0 Å². The molecule has 1 aliphatic rings. The zero-order valence-electron chi connectivity index (χ0n) is 21.5. The molecule has 1 saturated heterocycles. The van der Waals surface area contributed by atoms with Gasteiger partial charge in [-0.2, -0.15) is 0 Å². The zero-order chi connectivity index (χ0) is 26.3. The van der Waals surface area contributed by atoms with Gasteiger partial charge in [0.1, 0.15) is 5.82 Å². The first-order valence-corrected chi connectivity index (χ1v) is 12.5. The Morgan fingerprint density at radius 2 is 1.76 bits per heavy atom. The van der Waals surface area contributed by atoms with E-state index in [2.05, 4.69) is 64.7 Å². The summed E-state index contributed by atoms with van der Waals surface area (Å²) in [5.74, 6) is 0.0596. The SMILES string of the molecule is [C-]#[N+]c1ccc2c(n1)c(N1C[C@@H](C)N(C(c3ccc(F)cc3)c3cccc(C)c3)C[C@@H]1C)cc(=O)n2C. The Hall–Kier alpha value is -4.02. The van der Waals surface area contributed by atoms with E-state index in [-0.39, 0.29) is 29.5 Å². The summed E-state index contributed by atoms with van der Waals surface area (Å²) >= 11 is 0. The van der Waals surface area contributed by atoms with Crippen molar-refractivity contribution < 1.29 is 4.39 Å². The summed E-state index contributed by atoms with van der Waals surface area (Å²) in [5.41, 5.74) is 5.42. The third-order valence-electron chi connectivity index (χ3n) is 7.39. The number of benzene rings is 2. The second-order valence-corrected chi connectivity index (χ2v) is 9.99. The molecule has 188 valence electrons. The van der Waals surface area contributed by atoms with Crippen LogP contribution in [0.3, 0.4) is 0 Å². The minimum Gasteiger partial charge on any atom is -0.362 e. The van der Waals surface area contributed by atoms with Crippen molar-refractivity contribution in [1.29, 1.82) is 0 Å². The Morgan fingerprint density at radius 1 is 1.00 bits per heavy atom. The van der Waals surface area contributed by atoms with Gasteiger partial charge in [0.2, 0.25) is 5.52 Å². The largest absolute Gasteiger partial charge is 0.362 e. The summed E-state index contributed by atoms with van der Waals surface area (Å²) in [7, 11) is 1.73. The maximum atomic E-state index is 13.8. The van der Waals surface area contributed by atoms with E-state index in [9.17, 15) is 9.18 Å². The molecule has 1 aliphatic heterocycles. The minimum absolute atomic E-state index is 0.0349. The van der Waals surface area contributed by atoms with Crippen molar-refractivity contribution in [2.75, 3.05) is 18.0 Å². The molecule has 5 rings (SSSR count). The van der Waals surface area contributed by atoms with Crippen LogP contribution in [-0.2, 0) is 7.05 Å². The van der Waals surface area contributed by atoms with Gasteiger partial charge in [-0.1, -0.05) is 48.5 Å². The molecule has 0 aliphatic carbocycles. The van der Waals surface area contributed by atoms with Crippen molar-refractivity contribution in [1.82, 2.24) is 14.5 Å². The number of nitrogens with zero attached hydrogens (tertiary/aromatic N) is 5. The highest BCUT2D eigenvalue weighted by atomic mass is 19.1. The van der Waals surface area contributed by atoms with Crippen molar-refractivity contribution in [2.45, 2.75) is 38.9 Å². The average molecular weight is 496 g/mol. The smallest absolute Gasteiger partial charge is 0.270 e. The predicted molar refractivity (Wildman–Crippen MR) is 146 cm³/mol. The van der Waals surface area contributed by atoms with Gasteiger partial charge in [0.25, 0.3) is 11.4 Å². The third kappa shape index (κ3) is 4.61. The number of hydrogen-bond acceptors (Lipinski definition) is 4. The maximum absolute atomic E-state index is 13.8. The molecule has 1 unspecified atom stereocenters.